The molecule has 5 rings (SSSR count). The van der Waals surface area contributed by atoms with Gasteiger partial charge in [0.25, 0.3) is 0 Å². The third-order valence-corrected chi connectivity index (χ3v) is 7.94. The molecule has 7 unspecified atom stereocenters. The summed E-state index contributed by atoms with van der Waals surface area (Å²) in [5.41, 5.74) is 2.21. The number of methoxy groups -OCH3 is 1. The molecule has 2 aliphatic carbocycles. The summed E-state index contributed by atoms with van der Waals surface area (Å²) in [4.78, 5) is 12.8. The fourth-order valence-corrected chi connectivity index (χ4v) is 6.25. The average Bonchev–Trinajstić information content (AvgIpc) is 3.33. The van der Waals surface area contributed by atoms with E-state index in [9.17, 15) is 30.3 Å². The molecule has 1 heterocycles. The fraction of sp³-hybridized carbons (Fsp3) is 0.577. The van der Waals surface area contributed by atoms with Crippen LogP contribution in [0.15, 0.2) is 12.1 Å². The van der Waals surface area contributed by atoms with Crippen LogP contribution in [0.3, 0.4) is 0 Å². The van der Waals surface area contributed by atoms with E-state index in [1.165, 1.54) is 20.1 Å². The van der Waals surface area contributed by atoms with E-state index in [0.717, 1.165) is 43.2 Å². The summed E-state index contributed by atoms with van der Waals surface area (Å²) in [6, 6.07) is 3.33. The lowest BCUT2D eigenvalue weighted by Gasteiger charge is -2.39. The highest BCUT2D eigenvalue weighted by Gasteiger charge is 2.45. The minimum Gasteiger partial charge on any atom is -0.506 e. The van der Waals surface area contributed by atoms with Crippen molar-refractivity contribution in [3.63, 3.8) is 0 Å². The maximum atomic E-state index is 12.8. The molecule has 2 fully saturated rings. The van der Waals surface area contributed by atoms with Crippen molar-refractivity contribution < 1.29 is 44.5 Å². The summed E-state index contributed by atoms with van der Waals surface area (Å²) in [6.45, 7) is 0.848. The van der Waals surface area contributed by atoms with E-state index in [0.29, 0.717) is 28.0 Å². The molecule has 0 aromatic heterocycles. The van der Waals surface area contributed by atoms with Crippen LogP contribution in [0.4, 0.5) is 0 Å². The second-order valence-corrected chi connectivity index (χ2v) is 9.87. The standard InChI is InChI=1S/C26H32O9/c1-11(28)19-20-14-5-3-4-12(14)6-7-15(20)16-8-13(33-2)9-17(21(16)23(19)30)34-26-25(32)24(31)22(29)18(10-27)35-26/h8-9,12,14,18,22,24-27,29-32H,3-7,10H2,1-2H3. The zero-order valence-corrected chi connectivity index (χ0v) is 19.8. The number of carbonyl (C=O) groups excluding carboxylic acids is 1. The van der Waals surface area contributed by atoms with Crippen LogP contribution in [0, 0.1) is 5.92 Å². The van der Waals surface area contributed by atoms with Gasteiger partial charge in [0.1, 0.15) is 41.7 Å². The minimum atomic E-state index is -1.62. The first-order valence-electron chi connectivity index (χ1n) is 12.1. The zero-order valence-electron chi connectivity index (χ0n) is 19.8. The van der Waals surface area contributed by atoms with E-state index in [2.05, 4.69) is 0 Å². The molecule has 9 heteroatoms. The van der Waals surface area contributed by atoms with Gasteiger partial charge in [-0.05, 0) is 67.0 Å². The van der Waals surface area contributed by atoms with Crippen LogP contribution in [-0.4, -0.2) is 75.7 Å². The summed E-state index contributed by atoms with van der Waals surface area (Å²) < 4.78 is 17.0. The van der Waals surface area contributed by atoms with E-state index >= 15 is 0 Å². The molecule has 0 bridgehead atoms. The second-order valence-electron chi connectivity index (χ2n) is 9.87. The number of ketones is 1. The van der Waals surface area contributed by atoms with Crippen LogP contribution in [0.1, 0.15) is 60.0 Å². The van der Waals surface area contributed by atoms with Crippen molar-refractivity contribution in [2.24, 2.45) is 5.92 Å². The highest BCUT2D eigenvalue weighted by Crippen LogP contribution is 2.54. The molecular weight excluding hydrogens is 456 g/mol. The summed E-state index contributed by atoms with van der Waals surface area (Å²) in [7, 11) is 1.50. The Morgan fingerprint density at radius 3 is 2.57 bits per heavy atom. The number of phenolic OH excluding ortho intramolecular Hbond substituents is 1. The van der Waals surface area contributed by atoms with Crippen LogP contribution in [0.25, 0.3) is 10.8 Å². The Morgan fingerprint density at radius 1 is 1.11 bits per heavy atom. The van der Waals surface area contributed by atoms with E-state index in [1.54, 1.807) is 0 Å². The first-order valence-corrected chi connectivity index (χ1v) is 12.1. The van der Waals surface area contributed by atoms with Crippen LogP contribution in [0.5, 0.6) is 17.2 Å². The number of aliphatic hydroxyl groups excluding tert-OH is 4. The highest BCUT2D eigenvalue weighted by molar-refractivity contribution is 6.09. The molecule has 2 aromatic carbocycles. The number of rotatable bonds is 5. The number of hydrogen-bond acceptors (Lipinski definition) is 9. The lowest BCUT2D eigenvalue weighted by atomic mass is 9.72. The molecule has 1 aliphatic heterocycles. The molecule has 0 amide bonds. The van der Waals surface area contributed by atoms with Gasteiger partial charge in [0.05, 0.1) is 24.7 Å². The maximum absolute atomic E-state index is 12.8. The molecule has 190 valence electrons. The zero-order chi connectivity index (χ0) is 25.0. The topological polar surface area (TPSA) is 146 Å². The van der Waals surface area contributed by atoms with Crippen molar-refractivity contribution in [2.75, 3.05) is 13.7 Å². The van der Waals surface area contributed by atoms with Crippen molar-refractivity contribution in [3.05, 3.63) is 28.8 Å². The molecule has 1 saturated heterocycles. The third-order valence-electron chi connectivity index (χ3n) is 7.94. The maximum Gasteiger partial charge on any atom is 0.229 e. The van der Waals surface area contributed by atoms with Gasteiger partial charge in [-0.3, -0.25) is 4.79 Å². The number of aromatic hydroxyl groups is 1. The molecule has 2 aromatic rings. The summed E-state index contributed by atoms with van der Waals surface area (Å²) >= 11 is 0. The Morgan fingerprint density at radius 2 is 1.89 bits per heavy atom. The number of carbonyl (C=O) groups is 1. The number of hydrogen-bond donors (Lipinski definition) is 5. The molecule has 0 radical (unpaired) electrons. The Bertz CT molecular complexity index is 1140. The number of Topliss-reactive ketones (excluding diaryl/α,β-unsaturated/α-hetero) is 1. The highest BCUT2D eigenvalue weighted by atomic mass is 16.7. The van der Waals surface area contributed by atoms with Crippen LogP contribution in [-0.2, 0) is 11.2 Å². The Labute approximate surface area is 202 Å². The van der Waals surface area contributed by atoms with Crippen LogP contribution in [0.2, 0.25) is 0 Å². The van der Waals surface area contributed by atoms with E-state index in [4.69, 9.17) is 14.2 Å². The van der Waals surface area contributed by atoms with Gasteiger partial charge >= 0.3 is 0 Å². The third kappa shape index (κ3) is 3.86. The largest absolute Gasteiger partial charge is 0.506 e. The SMILES string of the molecule is COc1cc(OC2OC(CO)C(O)C(O)C2O)c2c(O)c(C(C)=O)c3c(c2c1)CCC1CCCC31. The molecule has 9 nitrogen and oxygen atoms in total. The van der Waals surface area contributed by atoms with Crippen molar-refractivity contribution in [3.8, 4) is 17.2 Å². The first kappa shape index (κ1) is 24.3. The monoisotopic (exact) mass is 488 g/mol. The number of ether oxygens (including phenoxy) is 3. The molecule has 0 spiro atoms. The molecular formula is C26H32O9. The molecule has 5 N–H and O–H groups in total. The molecule has 1 saturated carbocycles. The number of fused-ring (bicyclic) bond motifs is 5. The Hall–Kier alpha value is -2.43. The van der Waals surface area contributed by atoms with Gasteiger partial charge in [-0.15, -0.1) is 0 Å². The average molecular weight is 489 g/mol. The van der Waals surface area contributed by atoms with Gasteiger partial charge in [-0.25, -0.2) is 0 Å². The molecule has 35 heavy (non-hydrogen) atoms. The quantitative estimate of drug-likeness (QED) is 0.397. The van der Waals surface area contributed by atoms with Crippen LogP contribution >= 0.6 is 0 Å². The Kier molecular flexibility index (Phi) is 6.39. The van der Waals surface area contributed by atoms with Gasteiger partial charge in [0.15, 0.2) is 5.78 Å². The number of phenols is 1. The predicted molar refractivity (Wildman–Crippen MR) is 125 cm³/mol. The van der Waals surface area contributed by atoms with Gasteiger partial charge in [-0.2, -0.15) is 0 Å². The number of benzene rings is 2. The van der Waals surface area contributed by atoms with Crippen molar-refractivity contribution >= 4 is 16.6 Å². The lowest BCUT2D eigenvalue weighted by Crippen LogP contribution is -2.60. The van der Waals surface area contributed by atoms with E-state index in [-0.39, 0.29) is 23.2 Å². The second kappa shape index (κ2) is 9.22. The smallest absolute Gasteiger partial charge is 0.229 e. The van der Waals surface area contributed by atoms with Gasteiger partial charge < -0.3 is 39.7 Å². The summed E-state index contributed by atoms with van der Waals surface area (Å²) in [6.07, 6.45) is -2.44. The van der Waals surface area contributed by atoms with Gasteiger partial charge in [0, 0.05) is 6.07 Å². The molecule has 7 atom stereocenters. The summed E-state index contributed by atoms with van der Waals surface area (Å²) in [5.74, 6) is 0.827. The predicted octanol–water partition coefficient (Wildman–Crippen LogP) is 1.77. The van der Waals surface area contributed by atoms with E-state index < -0.39 is 37.3 Å². The summed E-state index contributed by atoms with van der Waals surface area (Å²) in [5, 5.41) is 52.8. The Balaban J connectivity index is 1.69. The van der Waals surface area contributed by atoms with Crippen molar-refractivity contribution in [1.29, 1.82) is 0 Å². The number of aryl methyl sites for hydroxylation is 1. The fourth-order valence-electron chi connectivity index (χ4n) is 6.25. The number of aliphatic hydroxyl groups is 4. The normalized spacial score (nSPS) is 32.2. The van der Waals surface area contributed by atoms with Crippen molar-refractivity contribution in [2.45, 2.75) is 75.7 Å². The molecule has 3 aliphatic rings. The van der Waals surface area contributed by atoms with Crippen molar-refractivity contribution in [1.82, 2.24) is 0 Å². The minimum absolute atomic E-state index is 0.0972. The van der Waals surface area contributed by atoms with Gasteiger partial charge in [0.2, 0.25) is 6.29 Å². The van der Waals surface area contributed by atoms with Crippen LogP contribution < -0.4 is 9.47 Å². The van der Waals surface area contributed by atoms with E-state index in [1.807, 2.05) is 6.07 Å². The van der Waals surface area contributed by atoms with Gasteiger partial charge in [-0.1, -0.05) is 6.42 Å². The first-order chi connectivity index (χ1) is 16.8. The lowest BCUT2D eigenvalue weighted by molar-refractivity contribution is -0.277.